The summed E-state index contributed by atoms with van der Waals surface area (Å²) in [5, 5.41) is 1.75. The average molecular weight is 303 g/mol. The van der Waals surface area contributed by atoms with Gasteiger partial charge in [0, 0.05) is 32.6 Å². The topological polar surface area (TPSA) is 52.8 Å². The molecule has 5 heteroatoms. The first-order valence-corrected chi connectivity index (χ1v) is 8.59. The number of hydrogen-bond acceptors (Lipinski definition) is 4. The summed E-state index contributed by atoms with van der Waals surface area (Å²) in [4.78, 5) is 15.4. The Morgan fingerprint density at radius 2 is 1.33 bits per heavy atom. The van der Waals surface area contributed by atoms with Crippen molar-refractivity contribution in [3.05, 3.63) is 0 Å². The Labute approximate surface area is 132 Å². The third kappa shape index (κ3) is 11.7. The Balaban J connectivity index is 0. The van der Waals surface area contributed by atoms with Crippen molar-refractivity contribution in [3.8, 4) is 0 Å². The summed E-state index contributed by atoms with van der Waals surface area (Å²) >= 11 is 0. The van der Waals surface area contributed by atoms with E-state index in [1.807, 2.05) is 39.5 Å². The zero-order valence-corrected chi connectivity index (χ0v) is 15.2. The maximum atomic E-state index is 11.1. The minimum Gasteiger partial charge on any atom is -0.340 e. The molecule has 1 amide bonds. The van der Waals surface area contributed by atoms with E-state index in [-0.39, 0.29) is 5.91 Å². The van der Waals surface area contributed by atoms with E-state index in [1.165, 1.54) is 25.9 Å². The summed E-state index contributed by atoms with van der Waals surface area (Å²) in [5.74, 6) is 5.77. The van der Waals surface area contributed by atoms with E-state index in [9.17, 15) is 4.79 Å². The second-order valence-electron chi connectivity index (χ2n) is 4.78. The van der Waals surface area contributed by atoms with Gasteiger partial charge in [-0.15, -0.1) is 0 Å². The zero-order chi connectivity index (χ0) is 16.7. The van der Waals surface area contributed by atoms with Gasteiger partial charge in [0.25, 0.3) is 0 Å². The summed E-state index contributed by atoms with van der Waals surface area (Å²) in [6, 6.07) is 0. The van der Waals surface area contributed by atoms with Gasteiger partial charge >= 0.3 is 0 Å². The molecule has 21 heavy (non-hydrogen) atoms. The second-order valence-corrected chi connectivity index (χ2v) is 4.78. The van der Waals surface area contributed by atoms with Crippen molar-refractivity contribution in [1.29, 1.82) is 0 Å². The van der Waals surface area contributed by atoms with Gasteiger partial charge in [0.15, 0.2) is 0 Å². The summed E-state index contributed by atoms with van der Waals surface area (Å²) in [6.07, 6.45) is 3.43. The van der Waals surface area contributed by atoms with Gasteiger partial charge in [-0.2, -0.15) is 0 Å². The third-order valence-electron chi connectivity index (χ3n) is 3.30. The molecule has 0 bridgehead atoms. The van der Waals surface area contributed by atoms with E-state index in [1.54, 1.807) is 5.01 Å². The van der Waals surface area contributed by atoms with E-state index >= 15 is 0 Å². The highest BCUT2D eigenvalue weighted by Gasteiger charge is 2.17. The predicted octanol–water partition coefficient (Wildman–Crippen LogP) is 2.18. The lowest BCUT2D eigenvalue weighted by atomic mass is 10.3. The van der Waals surface area contributed by atoms with E-state index in [0.717, 1.165) is 26.2 Å². The van der Waals surface area contributed by atoms with Crippen LogP contribution in [0.3, 0.4) is 0 Å². The Bertz CT molecular complexity index is 222. The highest BCUT2D eigenvalue weighted by molar-refractivity contribution is 5.75. The smallest absolute Gasteiger partial charge is 0.222 e. The number of carbonyl (C=O) groups excluding carboxylic acids is 1. The van der Waals surface area contributed by atoms with E-state index in [0.29, 0.717) is 6.42 Å². The number of carbonyl (C=O) groups is 1. The van der Waals surface area contributed by atoms with E-state index < -0.39 is 0 Å². The Morgan fingerprint density at radius 3 is 1.62 bits per heavy atom. The quantitative estimate of drug-likeness (QED) is 0.754. The molecule has 2 heterocycles. The monoisotopic (exact) mass is 302 g/mol. The molecule has 128 valence electrons. The zero-order valence-electron chi connectivity index (χ0n) is 15.2. The molecule has 0 aromatic rings. The van der Waals surface area contributed by atoms with Crippen molar-refractivity contribution in [2.24, 2.45) is 5.84 Å². The fraction of sp³-hybridized carbons (Fsp3) is 0.938. The normalized spacial score (nSPS) is 18.5. The van der Waals surface area contributed by atoms with Gasteiger partial charge < -0.3 is 9.80 Å². The van der Waals surface area contributed by atoms with Crippen LogP contribution in [0.25, 0.3) is 0 Å². The number of likely N-dealkylation sites (tertiary alicyclic amines) is 1. The minimum atomic E-state index is 0.234. The number of hydrogen-bond donors (Lipinski definition) is 1. The largest absolute Gasteiger partial charge is 0.340 e. The first-order valence-electron chi connectivity index (χ1n) is 8.59. The van der Waals surface area contributed by atoms with Crippen LogP contribution >= 0.6 is 0 Å². The standard InChI is InChI=1S/C7H15N3O.C5H11N.2C2H6/c1-2-7(11)9-3-5-10(8)6-4-9;1-6-4-2-3-5-6;2*1-2/h2-6,8H2,1H3;2-5H2,1H3;2*1-2H3. The molecule has 2 N–H and O–H groups in total. The molecule has 5 nitrogen and oxygen atoms in total. The SMILES string of the molecule is CC.CC.CCC(=O)N1CCN(N)CC1.CN1CCCC1. The van der Waals surface area contributed by atoms with Gasteiger partial charge in [-0.25, -0.2) is 5.01 Å². The van der Waals surface area contributed by atoms with E-state index in [2.05, 4.69) is 11.9 Å². The number of amides is 1. The molecule has 2 rings (SSSR count). The van der Waals surface area contributed by atoms with Gasteiger partial charge in [-0.3, -0.25) is 10.6 Å². The highest BCUT2D eigenvalue weighted by atomic mass is 16.2. The molecular weight excluding hydrogens is 264 g/mol. The Hall–Kier alpha value is -0.650. The predicted molar refractivity (Wildman–Crippen MR) is 92.1 cm³/mol. The molecule has 0 radical (unpaired) electrons. The number of nitrogens with two attached hydrogens (primary N) is 1. The molecule has 2 aliphatic heterocycles. The van der Waals surface area contributed by atoms with Crippen LogP contribution in [0, 0.1) is 0 Å². The first kappa shape index (κ1) is 22.6. The molecule has 0 saturated carbocycles. The van der Waals surface area contributed by atoms with Crippen LogP contribution in [0.5, 0.6) is 0 Å². The summed E-state index contributed by atoms with van der Waals surface area (Å²) < 4.78 is 0. The molecule has 0 unspecified atom stereocenters. The van der Waals surface area contributed by atoms with Crippen LogP contribution in [0.2, 0.25) is 0 Å². The van der Waals surface area contributed by atoms with E-state index in [4.69, 9.17) is 5.84 Å². The molecule has 0 spiro atoms. The summed E-state index contributed by atoms with van der Waals surface area (Å²) in [5.41, 5.74) is 0. The van der Waals surface area contributed by atoms with Gasteiger partial charge in [-0.1, -0.05) is 34.6 Å². The van der Waals surface area contributed by atoms with Crippen LogP contribution in [-0.2, 0) is 4.79 Å². The lowest BCUT2D eigenvalue weighted by Gasteiger charge is -2.31. The lowest BCUT2D eigenvalue weighted by molar-refractivity contribution is -0.132. The molecule has 0 aromatic heterocycles. The molecule has 0 aliphatic carbocycles. The number of hydrazine groups is 1. The Morgan fingerprint density at radius 1 is 0.905 bits per heavy atom. The molecule has 2 saturated heterocycles. The number of nitrogens with zero attached hydrogens (tertiary/aromatic N) is 3. The van der Waals surface area contributed by atoms with Gasteiger partial charge in [-0.05, 0) is 33.0 Å². The van der Waals surface area contributed by atoms with Crippen LogP contribution in [-0.4, -0.2) is 67.0 Å². The molecule has 2 aliphatic rings. The number of rotatable bonds is 1. The van der Waals surface area contributed by atoms with Gasteiger partial charge in [0.1, 0.15) is 0 Å². The van der Waals surface area contributed by atoms with Crippen LogP contribution < -0.4 is 5.84 Å². The lowest BCUT2D eigenvalue weighted by Crippen LogP contribution is -2.51. The summed E-state index contributed by atoms with van der Waals surface area (Å²) in [6.45, 7) is 15.7. The first-order chi connectivity index (χ1) is 10.1. The maximum Gasteiger partial charge on any atom is 0.222 e. The molecule has 2 fully saturated rings. The summed E-state index contributed by atoms with van der Waals surface area (Å²) in [7, 11) is 2.17. The molecule has 0 atom stereocenters. The fourth-order valence-electron chi connectivity index (χ4n) is 2.07. The van der Waals surface area contributed by atoms with Crippen LogP contribution in [0.15, 0.2) is 0 Å². The van der Waals surface area contributed by atoms with Crippen molar-refractivity contribution in [3.63, 3.8) is 0 Å². The minimum absolute atomic E-state index is 0.234. The maximum absolute atomic E-state index is 11.1. The van der Waals surface area contributed by atoms with Crippen LogP contribution in [0.4, 0.5) is 0 Å². The fourth-order valence-corrected chi connectivity index (χ4v) is 2.07. The van der Waals surface area contributed by atoms with Gasteiger partial charge in [0.05, 0.1) is 0 Å². The Kier molecular flexibility index (Phi) is 17.0. The van der Waals surface area contributed by atoms with Crippen molar-refractivity contribution < 1.29 is 4.79 Å². The van der Waals surface area contributed by atoms with Crippen molar-refractivity contribution in [2.75, 3.05) is 46.3 Å². The average Bonchev–Trinajstić information content (AvgIpc) is 3.03. The third-order valence-corrected chi connectivity index (χ3v) is 3.30. The second kappa shape index (κ2) is 15.7. The van der Waals surface area contributed by atoms with Crippen molar-refractivity contribution in [1.82, 2.24) is 14.8 Å². The number of piperazine rings is 1. The molecular formula is C16H38N4O. The highest BCUT2D eigenvalue weighted by Crippen LogP contribution is 2.02. The van der Waals surface area contributed by atoms with Crippen LogP contribution in [0.1, 0.15) is 53.9 Å². The van der Waals surface area contributed by atoms with Crippen molar-refractivity contribution >= 4 is 5.91 Å². The van der Waals surface area contributed by atoms with Crippen molar-refractivity contribution in [2.45, 2.75) is 53.9 Å². The van der Waals surface area contributed by atoms with Gasteiger partial charge in [0.2, 0.25) is 5.91 Å². The molecule has 0 aromatic carbocycles.